The van der Waals surface area contributed by atoms with Gasteiger partial charge in [0.15, 0.2) is 0 Å². The van der Waals surface area contributed by atoms with Crippen molar-refractivity contribution in [3.63, 3.8) is 0 Å². The highest BCUT2D eigenvalue weighted by atomic mass is 16.4. The highest BCUT2D eigenvalue weighted by Gasteiger charge is 2.38. The van der Waals surface area contributed by atoms with E-state index < -0.39 is 90.8 Å². The first-order valence-corrected chi connectivity index (χ1v) is 13.8. The second kappa shape index (κ2) is 17.9. The van der Waals surface area contributed by atoms with Gasteiger partial charge in [-0.05, 0) is 58.9 Å². The predicted molar refractivity (Wildman–Crippen MR) is 146 cm³/mol. The van der Waals surface area contributed by atoms with E-state index in [4.69, 9.17) is 16.6 Å². The summed E-state index contributed by atoms with van der Waals surface area (Å²) in [6, 6.07) is -6.01. The Kier molecular flexibility index (Phi) is 15.4. The Labute approximate surface area is 243 Å². The maximum Gasteiger partial charge on any atom is 0.326 e. The molecule has 17 heteroatoms. The molecule has 0 radical (unpaired) electrons. The predicted octanol–water partition coefficient (Wildman–Crippen LogP) is -3.65. The molecule has 1 heterocycles. The molecule has 0 saturated carbocycles. The van der Waals surface area contributed by atoms with Crippen molar-refractivity contribution in [2.45, 2.75) is 95.1 Å². The average Bonchev–Trinajstić information content (AvgIpc) is 3.41. The van der Waals surface area contributed by atoms with Gasteiger partial charge in [0.2, 0.25) is 29.5 Å². The third-order valence-corrected chi connectivity index (χ3v) is 6.58. The molecule has 238 valence electrons. The number of carbonyl (C=O) groups is 7. The Bertz CT molecular complexity index is 991. The van der Waals surface area contributed by atoms with Gasteiger partial charge in [-0.1, -0.05) is 0 Å². The lowest BCUT2D eigenvalue weighted by atomic mass is 10.0. The molecule has 0 bridgehead atoms. The molecule has 1 fully saturated rings. The van der Waals surface area contributed by atoms with Crippen LogP contribution in [0.4, 0.5) is 0 Å². The van der Waals surface area contributed by atoms with E-state index in [2.05, 4.69) is 21.3 Å². The summed E-state index contributed by atoms with van der Waals surface area (Å²) in [5.74, 6) is -6.44. The lowest BCUT2D eigenvalue weighted by Crippen LogP contribution is -2.58. The van der Waals surface area contributed by atoms with E-state index in [9.17, 15) is 43.8 Å². The number of hydrogen-bond acceptors (Lipinski definition) is 10. The molecule has 0 aromatic heterocycles. The van der Waals surface area contributed by atoms with Crippen LogP contribution in [0, 0.1) is 0 Å². The van der Waals surface area contributed by atoms with Crippen LogP contribution in [-0.2, 0) is 33.6 Å². The van der Waals surface area contributed by atoms with Crippen LogP contribution in [0.3, 0.4) is 0 Å². The summed E-state index contributed by atoms with van der Waals surface area (Å²) in [4.78, 5) is 87.3. The summed E-state index contributed by atoms with van der Waals surface area (Å²) >= 11 is 0. The minimum Gasteiger partial charge on any atom is -0.481 e. The molecule has 0 spiro atoms. The molecule has 0 aliphatic carbocycles. The smallest absolute Gasteiger partial charge is 0.326 e. The van der Waals surface area contributed by atoms with Gasteiger partial charge in [-0.15, -0.1) is 0 Å². The van der Waals surface area contributed by atoms with Crippen molar-refractivity contribution in [1.82, 2.24) is 26.2 Å². The number of carbonyl (C=O) groups excluding carboxylic acids is 5. The third kappa shape index (κ3) is 12.0. The first-order chi connectivity index (χ1) is 19.7. The van der Waals surface area contributed by atoms with Gasteiger partial charge in [0.05, 0.1) is 18.7 Å². The van der Waals surface area contributed by atoms with Gasteiger partial charge in [0, 0.05) is 13.0 Å². The van der Waals surface area contributed by atoms with Crippen LogP contribution in [0.15, 0.2) is 0 Å². The van der Waals surface area contributed by atoms with E-state index in [1.54, 1.807) is 0 Å². The molecular formula is C25H43N7O10. The number of nitrogens with two attached hydrogens (primary N) is 2. The number of rotatable bonds is 18. The second-order valence-electron chi connectivity index (χ2n) is 10.2. The Hall–Kier alpha value is -3.83. The Morgan fingerprint density at radius 3 is 2.12 bits per heavy atom. The minimum absolute atomic E-state index is 0.133. The summed E-state index contributed by atoms with van der Waals surface area (Å²) in [7, 11) is 0. The van der Waals surface area contributed by atoms with Crippen LogP contribution in [0.25, 0.3) is 0 Å². The van der Waals surface area contributed by atoms with Crippen LogP contribution in [-0.4, -0.2) is 118 Å². The number of amides is 5. The standard InChI is InChI=1S/C25H43N7O10/c1-13(27)21(37)31-20(14(2)33)23(39)28-12-18(34)29-15(8-9-19(35)36)22(38)30-16(6-3-4-10-26)24(40)32-11-5-7-17(32)25(41)42/h13-17,20,33H,3-12,26-27H2,1-2H3,(H,28,39)(H,29,34)(H,30,38)(H,31,37)(H,35,36)(H,41,42)/t13-,14+,15-,16-,17-,20-/m0/s1. The Morgan fingerprint density at radius 2 is 1.57 bits per heavy atom. The van der Waals surface area contributed by atoms with E-state index in [1.165, 1.54) is 18.7 Å². The van der Waals surface area contributed by atoms with Crippen LogP contribution in [0.2, 0.25) is 0 Å². The van der Waals surface area contributed by atoms with Crippen molar-refractivity contribution >= 4 is 41.5 Å². The maximum absolute atomic E-state index is 13.2. The third-order valence-electron chi connectivity index (χ3n) is 6.58. The number of unbranched alkanes of at least 4 members (excludes halogenated alkanes) is 1. The van der Waals surface area contributed by atoms with Gasteiger partial charge in [-0.2, -0.15) is 0 Å². The fourth-order valence-corrected chi connectivity index (χ4v) is 4.26. The van der Waals surface area contributed by atoms with Crippen molar-refractivity contribution in [1.29, 1.82) is 0 Å². The largest absolute Gasteiger partial charge is 0.481 e. The number of aliphatic hydroxyl groups excluding tert-OH is 1. The lowest BCUT2D eigenvalue weighted by Gasteiger charge is -2.29. The van der Waals surface area contributed by atoms with Crippen LogP contribution < -0.4 is 32.7 Å². The molecule has 0 aromatic rings. The molecule has 1 aliphatic rings. The number of carboxylic acid groups (broad SMARTS) is 2. The van der Waals surface area contributed by atoms with E-state index >= 15 is 0 Å². The highest BCUT2D eigenvalue weighted by molar-refractivity contribution is 5.95. The maximum atomic E-state index is 13.2. The van der Waals surface area contributed by atoms with Gasteiger partial charge in [0.25, 0.3) is 0 Å². The number of aliphatic carboxylic acids is 2. The van der Waals surface area contributed by atoms with Gasteiger partial charge in [0.1, 0.15) is 24.2 Å². The van der Waals surface area contributed by atoms with Crippen LogP contribution in [0.5, 0.6) is 0 Å². The molecule has 1 aliphatic heterocycles. The summed E-state index contributed by atoms with van der Waals surface area (Å²) < 4.78 is 0. The average molecular weight is 602 g/mol. The number of aliphatic hydroxyl groups is 1. The quantitative estimate of drug-likeness (QED) is 0.0688. The first kappa shape index (κ1) is 36.2. The van der Waals surface area contributed by atoms with E-state index in [0.29, 0.717) is 25.8 Å². The number of nitrogens with one attached hydrogen (secondary N) is 4. The van der Waals surface area contributed by atoms with Crippen molar-refractivity contribution in [3.8, 4) is 0 Å². The zero-order chi connectivity index (χ0) is 32.0. The summed E-state index contributed by atoms with van der Waals surface area (Å²) in [6.07, 6.45) is -0.383. The number of likely N-dealkylation sites (tertiary alicyclic amines) is 1. The van der Waals surface area contributed by atoms with Crippen LogP contribution >= 0.6 is 0 Å². The zero-order valence-electron chi connectivity index (χ0n) is 23.8. The number of hydrogen-bond donors (Lipinski definition) is 9. The Balaban J connectivity index is 2.98. The van der Waals surface area contributed by atoms with Gasteiger partial charge < -0.3 is 53.0 Å². The van der Waals surface area contributed by atoms with Gasteiger partial charge in [-0.3, -0.25) is 28.8 Å². The summed E-state index contributed by atoms with van der Waals surface area (Å²) in [5, 5.41) is 37.8. The normalized spacial score (nSPS) is 18.1. The lowest BCUT2D eigenvalue weighted by molar-refractivity contribution is -0.149. The van der Waals surface area contributed by atoms with Crippen molar-refractivity contribution in [2.24, 2.45) is 11.5 Å². The molecule has 5 amide bonds. The van der Waals surface area contributed by atoms with E-state index in [0.717, 1.165) is 0 Å². The molecule has 0 aromatic carbocycles. The molecule has 17 nitrogen and oxygen atoms in total. The van der Waals surface area contributed by atoms with Crippen molar-refractivity contribution in [3.05, 3.63) is 0 Å². The fourth-order valence-electron chi connectivity index (χ4n) is 4.26. The van der Waals surface area contributed by atoms with Crippen molar-refractivity contribution < 1.29 is 48.9 Å². The van der Waals surface area contributed by atoms with Gasteiger partial charge >= 0.3 is 11.9 Å². The molecule has 0 unspecified atom stereocenters. The van der Waals surface area contributed by atoms with Gasteiger partial charge in [-0.25, -0.2) is 4.79 Å². The van der Waals surface area contributed by atoms with Crippen molar-refractivity contribution in [2.75, 3.05) is 19.6 Å². The van der Waals surface area contributed by atoms with E-state index in [1.807, 2.05) is 0 Å². The summed E-state index contributed by atoms with van der Waals surface area (Å²) in [6.45, 7) is 2.43. The zero-order valence-corrected chi connectivity index (χ0v) is 23.8. The summed E-state index contributed by atoms with van der Waals surface area (Å²) in [5.41, 5.74) is 11.0. The molecule has 1 saturated heterocycles. The fraction of sp³-hybridized carbons (Fsp3) is 0.720. The minimum atomic E-state index is -1.43. The van der Waals surface area contributed by atoms with E-state index in [-0.39, 0.29) is 25.8 Å². The first-order valence-electron chi connectivity index (χ1n) is 13.8. The topological polar surface area (TPSA) is 284 Å². The molecule has 1 rings (SSSR count). The van der Waals surface area contributed by atoms with Crippen LogP contribution in [0.1, 0.15) is 58.8 Å². The Morgan fingerprint density at radius 1 is 0.905 bits per heavy atom. The monoisotopic (exact) mass is 601 g/mol. The molecule has 6 atom stereocenters. The number of nitrogens with zero attached hydrogens (tertiary/aromatic N) is 1. The highest BCUT2D eigenvalue weighted by Crippen LogP contribution is 2.20. The molecule has 42 heavy (non-hydrogen) atoms. The second-order valence-corrected chi connectivity index (χ2v) is 10.2. The molecular weight excluding hydrogens is 558 g/mol. The SMILES string of the molecule is C[C@H](N)C(=O)N[C@H](C(=O)NCC(=O)N[C@@H](CCC(=O)O)C(=O)N[C@@H](CCCCN)C(=O)N1CCC[C@H]1C(=O)O)[C@@H](C)O. The number of carboxylic acids is 2. The molecule has 11 N–H and O–H groups in total.